The number of aliphatic hydroxyl groups is 1. The van der Waals surface area contributed by atoms with E-state index in [0.29, 0.717) is 0 Å². The molecular weight excluding hydrogens is 166 g/mol. The molecule has 0 aliphatic heterocycles. The number of anilines is 1. The lowest BCUT2D eigenvalue weighted by Crippen LogP contribution is -2.27. The Bertz CT molecular complexity index is 247. The molecule has 1 aromatic rings. The Kier molecular flexibility index (Phi) is 3.76. The second-order valence-corrected chi connectivity index (χ2v) is 2.99. The molecule has 0 spiro atoms. The van der Waals surface area contributed by atoms with Crippen LogP contribution >= 0.6 is 0 Å². The summed E-state index contributed by atoms with van der Waals surface area (Å²) in [7, 11) is 1.98. The summed E-state index contributed by atoms with van der Waals surface area (Å²) < 4.78 is 1.99. The fraction of sp³-hybridized carbons (Fsp3) is 0.667. The van der Waals surface area contributed by atoms with Crippen molar-refractivity contribution in [2.45, 2.75) is 13.3 Å². The lowest BCUT2D eigenvalue weighted by Gasteiger charge is -2.21. The Morgan fingerprint density at radius 2 is 2.38 bits per heavy atom. The van der Waals surface area contributed by atoms with Crippen LogP contribution in [-0.4, -0.2) is 34.4 Å². The number of aryl methyl sites for hydroxylation is 1. The lowest BCUT2D eigenvalue weighted by atomic mass is 10.4. The second-order valence-electron chi connectivity index (χ2n) is 2.99. The van der Waals surface area contributed by atoms with Gasteiger partial charge < -0.3 is 14.6 Å². The van der Waals surface area contributed by atoms with E-state index in [-0.39, 0.29) is 6.61 Å². The van der Waals surface area contributed by atoms with Crippen LogP contribution in [0.15, 0.2) is 12.4 Å². The first-order valence-corrected chi connectivity index (χ1v) is 4.62. The van der Waals surface area contributed by atoms with Crippen LogP contribution in [0.2, 0.25) is 0 Å². The van der Waals surface area contributed by atoms with Gasteiger partial charge in [-0.3, -0.25) is 0 Å². The molecule has 0 bridgehead atoms. The molecular formula is C9H17N3O. The molecule has 0 radical (unpaired) electrons. The Balaban J connectivity index is 2.61. The van der Waals surface area contributed by atoms with Crippen molar-refractivity contribution in [2.24, 2.45) is 7.05 Å². The van der Waals surface area contributed by atoms with Gasteiger partial charge in [-0.05, 0) is 13.3 Å². The predicted molar refractivity (Wildman–Crippen MR) is 52.8 cm³/mol. The first kappa shape index (κ1) is 10.1. The Morgan fingerprint density at radius 3 is 2.85 bits per heavy atom. The van der Waals surface area contributed by atoms with Gasteiger partial charge >= 0.3 is 0 Å². The van der Waals surface area contributed by atoms with E-state index < -0.39 is 0 Å². The third-order valence-corrected chi connectivity index (χ3v) is 2.05. The van der Waals surface area contributed by atoms with Gasteiger partial charge in [-0.25, -0.2) is 4.98 Å². The highest BCUT2D eigenvalue weighted by Crippen LogP contribution is 2.09. The summed E-state index contributed by atoms with van der Waals surface area (Å²) in [6, 6.07) is 0. The summed E-state index contributed by atoms with van der Waals surface area (Å²) in [6.45, 7) is 4.11. The predicted octanol–water partition coefficient (Wildman–Crippen LogP) is 0.629. The maximum atomic E-state index is 8.72. The molecule has 1 heterocycles. The van der Waals surface area contributed by atoms with Crippen molar-refractivity contribution in [3.05, 3.63) is 12.4 Å². The summed E-state index contributed by atoms with van der Waals surface area (Å²) in [5.41, 5.74) is 0. The Labute approximate surface area is 78.8 Å². The number of hydrogen-bond acceptors (Lipinski definition) is 3. The quantitative estimate of drug-likeness (QED) is 0.728. The third-order valence-electron chi connectivity index (χ3n) is 2.05. The van der Waals surface area contributed by atoms with Gasteiger partial charge in [-0.15, -0.1) is 0 Å². The van der Waals surface area contributed by atoms with Crippen LogP contribution in [0.5, 0.6) is 0 Å². The van der Waals surface area contributed by atoms with Crippen LogP contribution in [-0.2, 0) is 7.05 Å². The smallest absolute Gasteiger partial charge is 0.205 e. The summed E-state index contributed by atoms with van der Waals surface area (Å²) in [5.74, 6) is 0.968. The van der Waals surface area contributed by atoms with Crippen molar-refractivity contribution in [3.8, 4) is 0 Å². The fourth-order valence-electron chi connectivity index (χ4n) is 1.32. The molecule has 4 heteroatoms. The minimum absolute atomic E-state index is 0.237. The highest BCUT2D eigenvalue weighted by Gasteiger charge is 2.07. The van der Waals surface area contributed by atoms with Crippen molar-refractivity contribution in [1.82, 2.24) is 9.55 Å². The fourth-order valence-corrected chi connectivity index (χ4v) is 1.32. The number of imidazole rings is 1. The molecule has 0 aromatic carbocycles. The molecule has 0 aliphatic carbocycles. The van der Waals surface area contributed by atoms with Crippen LogP contribution in [0.1, 0.15) is 13.3 Å². The summed E-state index contributed by atoms with van der Waals surface area (Å²) >= 11 is 0. The van der Waals surface area contributed by atoms with Gasteiger partial charge in [-0.2, -0.15) is 0 Å². The topological polar surface area (TPSA) is 41.3 Å². The summed E-state index contributed by atoms with van der Waals surface area (Å²) in [6.07, 6.45) is 4.51. The van der Waals surface area contributed by atoms with Crippen LogP contribution in [0.25, 0.3) is 0 Å². The van der Waals surface area contributed by atoms with E-state index in [1.54, 1.807) is 6.20 Å². The average Bonchev–Trinajstić information content (AvgIpc) is 2.54. The molecule has 1 aromatic heterocycles. The standard InChI is InChI=1S/C9H17N3O/c1-3-12(6-4-8-13)9-10-5-7-11(9)2/h5,7,13H,3-4,6,8H2,1-2H3. The molecule has 4 nitrogen and oxygen atoms in total. The number of hydrogen-bond donors (Lipinski definition) is 1. The van der Waals surface area contributed by atoms with Crippen molar-refractivity contribution >= 4 is 5.95 Å². The van der Waals surface area contributed by atoms with Gasteiger partial charge in [0, 0.05) is 39.1 Å². The summed E-state index contributed by atoms with van der Waals surface area (Å²) in [5, 5.41) is 8.72. The van der Waals surface area contributed by atoms with Crippen molar-refractivity contribution in [3.63, 3.8) is 0 Å². The van der Waals surface area contributed by atoms with Gasteiger partial charge in [0.1, 0.15) is 0 Å². The molecule has 1 rings (SSSR count). The highest BCUT2D eigenvalue weighted by atomic mass is 16.3. The van der Waals surface area contributed by atoms with E-state index in [2.05, 4.69) is 16.8 Å². The van der Waals surface area contributed by atoms with E-state index >= 15 is 0 Å². The maximum absolute atomic E-state index is 8.72. The van der Waals surface area contributed by atoms with Gasteiger partial charge in [0.25, 0.3) is 0 Å². The first-order valence-electron chi connectivity index (χ1n) is 4.62. The highest BCUT2D eigenvalue weighted by molar-refractivity contribution is 5.30. The monoisotopic (exact) mass is 183 g/mol. The van der Waals surface area contributed by atoms with Crippen LogP contribution in [0, 0.1) is 0 Å². The lowest BCUT2D eigenvalue weighted by molar-refractivity contribution is 0.289. The van der Waals surface area contributed by atoms with E-state index in [4.69, 9.17) is 5.11 Å². The average molecular weight is 183 g/mol. The molecule has 0 aliphatic rings. The van der Waals surface area contributed by atoms with Crippen LogP contribution in [0.4, 0.5) is 5.95 Å². The van der Waals surface area contributed by atoms with Crippen molar-refractivity contribution in [1.29, 1.82) is 0 Å². The molecule has 0 unspecified atom stereocenters. The van der Waals surface area contributed by atoms with E-state index in [1.165, 1.54) is 0 Å². The molecule has 0 fully saturated rings. The van der Waals surface area contributed by atoms with Gasteiger partial charge in [0.2, 0.25) is 5.95 Å². The molecule has 0 saturated carbocycles. The van der Waals surface area contributed by atoms with Crippen LogP contribution in [0.3, 0.4) is 0 Å². The molecule has 0 amide bonds. The van der Waals surface area contributed by atoms with E-state index in [0.717, 1.165) is 25.5 Å². The molecule has 0 saturated heterocycles. The molecule has 74 valence electrons. The summed E-state index contributed by atoms with van der Waals surface area (Å²) in [4.78, 5) is 6.40. The first-order chi connectivity index (χ1) is 6.29. The van der Waals surface area contributed by atoms with E-state index in [1.807, 2.05) is 17.8 Å². The second kappa shape index (κ2) is 4.87. The zero-order valence-electron chi connectivity index (χ0n) is 8.27. The Hall–Kier alpha value is -1.03. The number of aromatic nitrogens is 2. The Morgan fingerprint density at radius 1 is 1.62 bits per heavy atom. The third kappa shape index (κ3) is 2.45. The minimum Gasteiger partial charge on any atom is -0.396 e. The van der Waals surface area contributed by atoms with Gasteiger partial charge in [0.15, 0.2) is 0 Å². The molecule has 13 heavy (non-hydrogen) atoms. The largest absolute Gasteiger partial charge is 0.396 e. The maximum Gasteiger partial charge on any atom is 0.205 e. The SMILES string of the molecule is CCN(CCCO)c1nccn1C. The van der Waals surface area contributed by atoms with Crippen molar-refractivity contribution < 1.29 is 5.11 Å². The van der Waals surface area contributed by atoms with Crippen LogP contribution < -0.4 is 4.90 Å². The normalized spacial score (nSPS) is 10.4. The zero-order chi connectivity index (χ0) is 9.68. The number of nitrogens with zero attached hydrogens (tertiary/aromatic N) is 3. The molecule has 0 atom stereocenters. The zero-order valence-corrected chi connectivity index (χ0v) is 8.27. The van der Waals surface area contributed by atoms with Gasteiger partial charge in [0.05, 0.1) is 0 Å². The van der Waals surface area contributed by atoms with E-state index in [9.17, 15) is 0 Å². The van der Waals surface area contributed by atoms with Gasteiger partial charge in [-0.1, -0.05) is 0 Å². The number of aliphatic hydroxyl groups excluding tert-OH is 1. The number of rotatable bonds is 5. The van der Waals surface area contributed by atoms with Crippen molar-refractivity contribution in [2.75, 3.05) is 24.6 Å². The minimum atomic E-state index is 0.237. The molecule has 1 N–H and O–H groups in total.